The summed E-state index contributed by atoms with van der Waals surface area (Å²) in [6, 6.07) is 11.7. The molecule has 0 saturated carbocycles. The maximum atomic E-state index is 5.34. The topological polar surface area (TPSA) is 85.1 Å². The summed E-state index contributed by atoms with van der Waals surface area (Å²) in [5.74, 6) is 3.15. The van der Waals surface area contributed by atoms with Crippen LogP contribution in [0.25, 0.3) is 5.65 Å². The summed E-state index contributed by atoms with van der Waals surface area (Å²) in [7, 11) is 5.02. The molecule has 8 nitrogen and oxygen atoms in total. The Morgan fingerprint density at radius 1 is 1.07 bits per heavy atom. The van der Waals surface area contributed by atoms with Crippen LogP contribution in [-0.4, -0.2) is 48.4 Å². The van der Waals surface area contributed by atoms with Crippen molar-refractivity contribution >= 4 is 35.6 Å². The molecule has 0 aliphatic rings. The van der Waals surface area contributed by atoms with Crippen LogP contribution in [0.1, 0.15) is 17.8 Å². The van der Waals surface area contributed by atoms with E-state index >= 15 is 0 Å². The first-order valence-corrected chi connectivity index (χ1v) is 9.19. The molecule has 2 heterocycles. The van der Waals surface area contributed by atoms with Crippen LogP contribution >= 0.6 is 24.0 Å². The highest BCUT2D eigenvalue weighted by Crippen LogP contribution is 2.27. The van der Waals surface area contributed by atoms with Gasteiger partial charge in [-0.2, -0.15) is 0 Å². The Hall–Kier alpha value is -2.56. The summed E-state index contributed by atoms with van der Waals surface area (Å²) in [5, 5.41) is 15.1. The van der Waals surface area contributed by atoms with Crippen molar-refractivity contribution in [2.45, 2.75) is 19.4 Å². The molecule has 1 aromatic carbocycles. The molecule has 0 fully saturated rings. The van der Waals surface area contributed by atoms with Gasteiger partial charge in [0.2, 0.25) is 0 Å². The number of methoxy groups -OCH3 is 2. The Bertz CT molecular complexity index is 944. The Morgan fingerprint density at radius 2 is 1.90 bits per heavy atom. The second-order valence-corrected chi connectivity index (χ2v) is 6.19. The Balaban J connectivity index is 0.00000300. The lowest BCUT2D eigenvalue weighted by Gasteiger charge is -2.13. The number of fused-ring (bicyclic) bond motifs is 1. The Morgan fingerprint density at radius 3 is 2.66 bits per heavy atom. The number of nitrogens with one attached hydrogen (secondary N) is 2. The van der Waals surface area contributed by atoms with Crippen molar-refractivity contribution in [2.75, 3.05) is 27.8 Å². The molecular weight excluding hydrogens is 483 g/mol. The van der Waals surface area contributed by atoms with Gasteiger partial charge in [0.05, 0.1) is 14.2 Å². The summed E-state index contributed by atoms with van der Waals surface area (Å²) in [5.41, 5.74) is 1.95. The molecule has 0 bridgehead atoms. The van der Waals surface area contributed by atoms with Crippen LogP contribution in [0.3, 0.4) is 0 Å². The molecule has 3 rings (SSSR count). The molecule has 0 radical (unpaired) electrons. The van der Waals surface area contributed by atoms with E-state index in [9.17, 15) is 0 Å². The number of rotatable bonds is 8. The van der Waals surface area contributed by atoms with Gasteiger partial charge in [0, 0.05) is 32.8 Å². The number of ether oxygens (including phenoxy) is 2. The van der Waals surface area contributed by atoms with Crippen LogP contribution in [0.15, 0.2) is 47.6 Å². The van der Waals surface area contributed by atoms with Crippen molar-refractivity contribution in [3.05, 3.63) is 54.0 Å². The van der Waals surface area contributed by atoms with Gasteiger partial charge in [-0.05, 0) is 36.2 Å². The average Bonchev–Trinajstić information content (AvgIpc) is 3.16. The molecule has 9 heteroatoms. The fourth-order valence-electron chi connectivity index (χ4n) is 2.91. The van der Waals surface area contributed by atoms with E-state index in [0.29, 0.717) is 12.3 Å². The second-order valence-electron chi connectivity index (χ2n) is 6.19. The number of benzene rings is 1. The molecular formula is C20H27IN6O2. The molecule has 2 N–H and O–H groups in total. The lowest BCUT2D eigenvalue weighted by Crippen LogP contribution is -2.37. The van der Waals surface area contributed by atoms with Gasteiger partial charge in [0.15, 0.2) is 23.1 Å². The van der Waals surface area contributed by atoms with Gasteiger partial charge >= 0.3 is 0 Å². The Kier molecular flexibility index (Phi) is 8.97. The van der Waals surface area contributed by atoms with E-state index in [2.05, 4.69) is 25.8 Å². The Labute approximate surface area is 187 Å². The summed E-state index contributed by atoms with van der Waals surface area (Å²) in [6.07, 6.45) is 3.75. The highest BCUT2D eigenvalue weighted by Gasteiger charge is 2.06. The SMILES string of the molecule is CN=C(NCCCc1nnc2ccccn12)NCc1ccc(OC)c(OC)c1.I. The molecule has 0 saturated heterocycles. The number of nitrogens with zero attached hydrogens (tertiary/aromatic N) is 4. The number of aliphatic imine (C=N–C) groups is 1. The van der Waals surface area contributed by atoms with Gasteiger partial charge in [-0.1, -0.05) is 12.1 Å². The van der Waals surface area contributed by atoms with Crippen LogP contribution in [0, 0.1) is 0 Å². The highest BCUT2D eigenvalue weighted by atomic mass is 127. The number of aromatic nitrogens is 3. The highest BCUT2D eigenvalue weighted by molar-refractivity contribution is 14.0. The lowest BCUT2D eigenvalue weighted by molar-refractivity contribution is 0.354. The van der Waals surface area contributed by atoms with Gasteiger partial charge in [-0.15, -0.1) is 34.2 Å². The van der Waals surface area contributed by atoms with E-state index in [1.807, 2.05) is 47.0 Å². The van der Waals surface area contributed by atoms with Crippen molar-refractivity contribution in [2.24, 2.45) is 4.99 Å². The van der Waals surface area contributed by atoms with Crippen LogP contribution in [-0.2, 0) is 13.0 Å². The van der Waals surface area contributed by atoms with Gasteiger partial charge in [0.25, 0.3) is 0 Å². The van der Waals surface area contributed by atoms with Crippen molar-refractivity contribution in [3.8, 4) is 11.5 Å². The normalized spacial score (nSPS) is 11.1. The molecule has 0 aliphatic heterocycles. The summed E-state index contributed by atoms with van der Waals surface area (Å²) in [6.45, 7) is 1.42. The minimum absolute atomic E-state index is 0. The van der Waals surface area contributed by atoms with E-state index in [0.717, 1.165) is 48.1 Å². The summed E-state index contributed by atoms with van der Waals surface area (Å²) >= 11 is 0. The third-order valence-corrected chi connectivity index (χ3v) is 4.39. The molecule has 0 spiro atoms. The van der Waals surface area contributed by atoms with Crippen molar-refractivity contribution in [3.63, 3.8) is 0 Å². The predicted molar refractivity (Wildman–Crippen MR) is 124 cm³/mol. The van der Waals surface area contributed by atoms with Crippen LogP contribution < -0.4 is 20.1 Å². The van der Waals surface area contributed by atoms with Crippen molar-refractivity contribution in [1.82, 2.24) is 25.2 Å². The fourth-order valence-corrected chi connectivity index (χ4v) is 2.91. The van der Waals surface area contributed by atoms with Gasteiger partial charge in [0.1, 0.15) is 5.82 Å². The van der Waals surface area contributed by atoms with Gasteiger partial charge < -0.3 is 20.1 Å². The minimum atomic E-state index is 0. The van der Waals surface area contributed by atoms with Gasteiger partial charge in [-0.25, -0.2) is 0 Å². The van der Waals surface area contributed by atoms with Crippen LogP contribution in [0.2, 0.25) is 0 Å². The lowest BCUT2D eigenvalue weighted by atomic mass is 10.2. The summed E-state index contributed by atoms with van der Waals surface area (Å²) in [4.78, 5) is 4.27. The number of guanidine groups is 1. The first-order chi connectivity index (χ1) is 13.7. The molecule has 2 aromatic heterocycles. The van der Waals surface area contributed by atoms with Crippen molar-refractivity contribution in [1.29, 1.82) is 0 Å². The quantitative estimate of drug-likeness (QED) is 0.210. The monoisotopic (exact) mass is 510 g/mol. The molecule has 0 aliphatic carbocycles. The number of aryl methyl sites for hydroxylation is 1. The number of hydrogen-bond acceptors (Lipinski definition) is 5. The summed E-state index contributed by atoms with van der Waals surface area (Å²) < 4.78 is 12.6. The van der Waals surface area contributed by atoms with E-state index < -0.39 is 0 Å². The zero-order valence-electron chi connectivity index (χ0n) is 16.9. The largest absolute Gasteiger partial charge is 0.493 e. The van der Waals surface area contributed by atoms with Crippen LogP contribution in [0.4, 0.5) is 0 Å². The third kappa shape index (κ3) is 5.96. The number of hydrogen-bond donors (Lipinski definition) is 2. The molecule has 3 aromatic rings. The van der Waals surface area contributed by atoms with Crippen LogP contribution in [0.5, 0.6) is 11.5 Å². The molecule has 0 unspecified atom stereocenters. The maximum Gasteiger partial charge on any atom is 0.191 e. The van der Waals surface area contributed by atoms with E-state index in [1.54, 1.807) is 21.3 Å². The second kappa shape index (κ2) is 11.4. The number of pyridine rings is 1. The fraction of sp³-hybridized carbons (Fsp3) is 0.350. The van der Waals surface area contributed by atoms with E-state index in [-0.39, 0.29) is 24.0 Å². The smallest absolute Gasteiger partial charge is 0.191 e. The first-order valence-electron chi connectivity index (χ1n) is 9.19. The molecule has 0 atom stereocenters. The molecule has 156 valence electrons. The van der Waals surface area contributed by atoms with Gasteiger partial charge in [-0.3, -0.25) is 9.39 Å². The zero-order valence-corrected chi connectivity index (χ0v) is 19.2. The maximum absolute atomic E-state index is 5.34. The first kappa shape index (κ1) is 22.7. The third-order valence-electron chi connectivity index (χ3n) is 4.39. The van der Waals surface area contributed by atoms with E-state index in [4.69, 9.17) is 9.47 Å². The standard InChI is InChI=1S/C20H26N6O2.HI/c1-21-20(23-14-15-9-10-16(27-2)17(13-15)28-3)22-11-6-8-19-25-24-18-7-4-5-12-26(18)19;/h4-5,7,9-10,12-13H,6,8,11,14H2,1-3H3,(H2,21,22,23);1H. The predicted octanol–water partition coefficient (Wildman–Crippen LogP) is 2.66. The van der Waals surface area contributed by atoms with E-state index in [1.165, 1.54) is 0 Å². The average molecular weight is 510 g/mol. The minimum Gasteiger partial charge on any atom is -0.493 e. The zero-order chi connectivity index (χ0) is 19.8. The van der Waals surface area contributed by atoms with Crippen molar-refractivity contribution < 1.29 is 9.47 Å². The molecule has 0 amide bonds. The number of halogens is 1. The molecule has 29 heavy (non-hydrogen) atoms.